The lowest BCUT2D eigenvalue weighted by atomic mass is 9.94. The molecule has 0 aliphatic carbocycles. The highest BCUT2D eigenvalue weighted by molar-refractivity contribution is 5.63. The Morgan fingerprint density at radius 1 is 1.07 bits per heavy atom. The van der Waals surface area contributed by atoms with Gasteiger partial charge in [0.05, 0.1) is 17.4 Å². The molecule has 2 aromatic rings. The third kappa shape index (κ3) is 4.61. The van der Waals surface area contributed by atoms with Crippen molar-refractivity contribution < 1.29 is 4.39 Å². The molecule has 0 saturated carbocycles. The van der Waals surface area contributed by atoms with Crippen LogP contribution in [0, 0.1) is 5.82 Å². The van der Waals surface area contributed by atoms with Crippen molar-refractivity contribution in [3.05, 3.63) is 65.6 Å². The Labute approximate surface area is 173 Å². The highest BCUT2D eigenvalue weighted by Gasteiger charge is 2.27. The Morgan fingerprint density at radius 2 is 1.97 bits per heavy atom. The molecule has 0 bridgehead atoms. The first-order valence-corrected chi connectivity index (χ1v) is 10.9. The molecule has 2 aliphatic rings. The number of allylic oxidation sites excluding steroid dienone is 1. The molecule has 2 fully saturated rings. The molecule has 2 saturated heterocycles. The number of nitrogens with zero attached hydrogens (tertiary/aromatic N) is 3. The van der Waals surface area contributed by atoms with Crippen molar-refractivity contribution in [1.82, 2.24) is 15.2 Å². The summed E-state index contributed by atoms with van der Waals surface area (Å²) in [6.45, 7) is 7.13. The molecule has 5 heteroatoms. The Kier molecular flexibility index (Phi) is 6.45. The molecule has 4 rings (SSSR count). The number of benzene rings is 1. The van der Waals surface area contributed by atoms with Gasteiger partial charge in [0.15, 0.2) is 0 Å². The molecule has 0 radical (unpaired) electrons. The van der Waals surface area contributed by atoms with Gasteiger partial charge in [-0.15, -0.1) is 0 Å². The van der Waals surface area contributed by atoms with Gasteiger partial charge in [-0.1, -0.05) is 24.3 Å². The van der Waals surface area contributed by atoms with E-state index in [4.69, 9.17) is 4.98 Å². The number of hydrogen-bond acceptors (Lipinski definition) is 4. The van der Waals surface area contributed by atoms with E-state index >= 15 is 0 Å². The second kappa shape index (κ2) is 9.40. The maximum atomic E-state index is 13.9. The predicted octanol–water partition coefficient (Wildman–Crippen LogP) is 4.61. The highest BCUT2D eigenvalue weighted by Crippen LogP contribution is 2.37. The van der Waals surface area contributed by atoms with Crippen molar-refractivity contribution in [3.8, 4) is 0 Å². The molecular weight excluding hydrogens is 363 g/mol. The highest BCUT2D eigenvalue weighted by atomic mass is 19.1. The quantitative estimate of drug-likeness (QED) is 0.821. The van der Waals surface area contributed by atoms with Crippen LogP contribution in [0.1, 0.15) is 49.9 Å². The summed E-state index contributed by atoms with van der Waals surface area (Å²) < 4.78 is 13.9. The van der Waals surface area contributed by atoms with E-state index in [0.29, 0.717) is 0 Å². The van der Waals surface area contributed by atoms with Crippen LogP contribution in [0.15, 0.2) is 48.5 Å². The molecule has 1 unspecified atom stereocenters. The Balaban J connectivity index is 1.62. The van der Waals surface area contributed by atoms with Gasteiger partial charge in [-0.05, 0) is 69.0 Å². The number of rotatable bonds is 4. The SMILES string of the molecule is C/C=C(\c1cccc(N2CCCNCC2)n1)N1CCCCC1c1cccc(F)c1. The first kappa shape index (κ1) is 19.9. The summed E-state index contributed by atoms with van der Waals surface area (Å²) in [6, 6.07) is 13.6. The summed E-state index contributed by atoms with van der Waals surface area (Å²) in [5, 5.41) is 3.46. The van der Waals surface area contributed by atoms with E-state index < -0.39 is 0 Å². The Hall–Kier alpha value is -2.40. The number of aromatic nitrogens is 1. The van der Waals surface area contributed by atoms with Gasteiger partial charge in [-0.25, -0.2) is 9.37 Å². The van der Waals surface area contributed by atoms with Crippen LogP contribution in [0.5, 0.6) is 0 Å². The number of halogens is 1. The standard InChI is InChI=1S/C24H31FN4/c1-2-22(21-10-6-12-24(27-21)28-15-7-13-26-14-17-28)29-16-4-3-11-23(29)19-8-5-9-20(25)18-19/h2,5-6,8-10,12,18,23,26H,3-4,7,11,13-17H2,1H3/b22-2+. The van der Waals surface area contributed by atoms with Crippen molar-refractivity contribution in [1.29, 1.82) is 0 Å². The van der Waals surface area contributed by atoms with E-state index in [1.165, 1.54) is 12.5 Å². The van der Waals surface area contributed by atoms with Crippen LogP contribution >= 0.6 is 0 Å². The van der Waals surface area contributed by atoms with Gasteiger partial charge in [-0.2, -0.15) is 0 Å². The third-order valence-corrected chi connectivity index (χ3v) is 5.98. The normalized spacial score (nSPS) is 21.2. The van der Waals surface area contributed by atoms with E-state index in [-0.39, 0.29) is 11.9 Å². The fraction of sp³-hybridized carbons (Fsp3) is 0.458. The van der Waals surface area contributed by atoms with Gasteiger partial charge >= 0.3 is 0 Å². The lowest BCUT2D eigenvalue weighted by Gasteiger charge is -2.39. The molecule has 4 nitrogen and oxygen atoms in total. The van der Waals surface area contributed by atoms with Crippen molar-refractivity contribution in [3.63, 3.8) is 0 Å². The summed E-state index contributed by atoms with van der Waals surface area (Å²) in [5.41, 5.74) is 3.21. The van der Waals surface area contributed by atoms with Crippen LogP contribution in [0.2, 0.25) is 0 Å². The average molecular weight is 395 g/mol. The van der Waals surface area contributed by atoms with Crippen LogP contribution in [0.25, 0.3) is 5.70 Å². The maximum absolute atomic E-state index is 13.9. The first-order chi connectivity index (χ1) is 14.3. The summed E-state index contributed by atoms with van der Waals surface area (Å²) in [7, 11) is 0. The summed E-state index contributed by atoms with van der Waals surface area (Å²) in [6.07, 6.45) is 6.66. The lowest BCUT2D eigenvalue weighted by Crippen LogP contribution is -2.33. The molecule has 29 heavy (non-hydrogen) atoms. The van der Waals surface area contributed by atoms with Crippen LogP contribution in [-0.4, -0.2) is 42.6 Å². The average Bonchev–Trinajstić information content (AvgIpc) is 3.05. The molecule has 0 spiro atoms. The number of nitrogens with one attached hydrogen (secondary N) is 1. The first-order valence-electron chi connectivity index (χ1n) is 10.9. The number of likely N-dealkylation sites (tertiary alicyclic amines) is 1. The van der Waals surface area contributed by atoms with Crippen molar-refractivity contribution in [2.24, 2.45) is 0 Å². The van der Waals surface area contributed by atoms with Gasteiger partial charge in [0, 0.05) is 26.2 Å². The molecule has 1 aromatic carbocycles. The van der Waals surface area contributed by atoms with Gasteiger partial charge < -0.3 is 15.1 Å². The number of piperidine rings is 1. The molecule has 0 amide bonds. The minimum absolute atomic E-state index is 0.162. The third-order valence-electron chi connectivity index (χ3n) is 5.98. The zero-order valence-corrected chi connectivity index (χ0v) is 17.3. The smallest absolute Gasteiger partial charge is 0.129 e. The fourth-order valence-corrected chi connectivity index (χ4v) is 4.56. The van der Waals surface area contributed by atoms with Gasteiger partial charge in [-0.3, -0.25) is 0 Å². The van der Waals surface area contributed by atoms with Gasteiger partial charge in [0.25, 0.3) is 0 Å². The van der Waals surface area contributed by atoms with E-state index in [9.17, 15) is 4.39 Å². The zero-order chi connectivity index (χ0) is 20.1. The van der Waals surface area contributed by atoms with Gasteiger partial charge in [0.1, 0.15) is 11.6 Å². The zero-order valence-electron chi connectivity index (χ0n) is 17.3. The van der Waals surface area contributed by atoms with Crippen LogP contribution in [0.4, 0.5) is 10.2 Å². The number of hydrogen-bond donors (Lipinski definition) is 1. The molecular formula is C24H31FN4. The largest absolute Gasteiger partial charge is 0.363 e. The Morgan fingerprint density at radius 3 is 2.83 bits per heavy atom. The topological polar surface area (TPSA) is 31.4 Å². The van der Waals surface area contributed by atoms with Crippen LogP contribution in [0.3, 0.4) is 0 Å². The minimum atomic E-state index is -0.162. The minimum Gasteiger partial charge on any atom is -0.363 e. The van der Waals surface area contributed by atoms with E-state index in [0.717, 1.165) is 74.8 Å². The fourth-order valence-electron chi connectivity index (χ4n) is 4.56. The monoisotopic (exact) mass is 394 g/mol. The van der Waals surface area contributed by atoms with E-state index in [2.05, 4.69) is 46.3 Å². The summed E-state index contributed by atoms with van der Waals surface area (Å²) in [4.78, 5) is 9.84. The summed E-state index contributed by atoms with van der Waals surface area (Å²) >= 11 is 0. The molecule has 1 N–H and O–H groups in total. The molecule has 3 heterocycles. The van der Waals surface area contributed by atoms with Crippen molar-refractivity contribution in [2.45, 2.75) is 38.6 Å². The van der Waals surface area contributed by atoms with E-state index in [1.54, 1.807) is 6.07 Å². The van der Waals surface area contributed by atoms with E-state index in [1.807, 2.05) is 12.1 Å². The molecule has 1 aromatic heterocycles. The summed E-state index contributed by atoms with van der Waals surface area (Å²) in [5.74, 6) is 0.884. The van der Waals surface area contributed by atoms with Crippen molar-refractivity contribution in [2.75, 3.05) is 37.6 Å². The van der Waals surface area contributed by atoms with Crippen LogP contribution < -0.4 is 10.2 Å². The number of anilines is 1. The Bertz CT molecular complexity index is 842. The maximum Gasteiger partial charge on any atom is 0.129 e. The van der Waals surface area contributed by atoms with Crippen LogP contribution in [-0.2, 0) is 0 Å². The van der Waals surface area contributed by atoms with Crippen molar-refractivity contribution >= 4 is 11.5 Å². The second-order valence-corrected chi connectivity index (χ2v) is 7.91. The number of pyridine rings is 1. The second-order valence-electron chi connectivity index (χ2n) is 7.91. The van der Waals surface area contributed by atoms with Gasteiger partial charge in [0.2, 0.25) is 0 Å². The lowest BCUT2D eigenvalue weighted by molar-refractivity contribution is 0.229. The predicted molar refractivity (Wildman–Crippen MR) is 117 cm³/mol. The molecule has 1 atom stereocenters. The molecule has 2 aliphatic heterocycles. The molecule has 154 valence electrons.